The van der Waals surface area contributed by atoms with Crippen molar-refractivity contribution in [3.05, 3.63) is 65.7 Å². The Kier molecular flexibility index (Phi) is 3.48. The minimum Gasteiger partial charge on any atom is -0.377 e. The van der Waals surface area contributed by atoms with Crippen LogP contribution >= 0.6 is 0 Å². The van der Waals surface area contributed by atoms with Gasteiger partial charge in [-0.1, -0.05) is 30.3 Å². The fourth-order valence-electron chi connectivity index (χ4n) is 2.34. The molecule has 0 atom stereocenters. The standard InChI is InChI=1S/C16H15FN2O/c1-20-11-16-18-14-8-4-5-9-15(14)19(16)10-12-6-2-3-7-13(12)17/h2-9H,10-11H2,1H3. The van der Waals surface area contributed by atoms with E-state index in [9.17, 15) is 4.39 Å². The number of hydrogen-bond acceptors (Lipinski definition) is 2. The molecule has 102 valence electrons. The molecule has 1 heterocycles. The summed E-state index contributed by atoms with van der Waals surface area (Å²) in [6, 6.07) is 14.6. The maximum absolute atomic E-state index is 13.8. The van der Waals surface area contributed by atoms with E-state index in [1.54, 1.807) is 19.2 Å². The molecule has 0 saturated carbocycles. The van der Waals surface area contributed by atoms with Crippen molar-refractivity contribution in [1.29, 1.82) is 0 Å². The summed E-state index contributed by atoms with van der Waals surface area (Å²) in [6.07, 6.45) is 0. The van der Waals surface area contributed by atoms with Crippen LogP contribution in [0.3, 0.4) is 0 Å². The largest absolute Gasteiger partial charge is 0.377 e. The van der Waals surface area contributed by atoms with Crippen LogP contribution in [-0.4, -0.2) is 16.7 Å². The average molecular weight is 270 g/mol. The van der Waals surface area contributed by atoms with Gasteiger partial charge in [-0.2, -0.15) is 0 Å². The van der Waals surface area contributed by atoms with Crippen LogP contribution in [0.5, 0.6) is 0 Å². The van der Waals surface area contributed by atoms with E-state index in [1.165, 1.54) is 6.07 Å². The van der Waals surface area contributed by atoms with Gasteiger partial charge in [0.2, 0.25) is 0 Å². The second kappa shape index (κ2) is 5.43. The van der Waals surface area contributed by atoms with Gasteiger partial charge in [0.25, 0.3) is 0 Å². The van der Waals surface area contributed by atoms with Crippen molar-refractivity contribution < 1.29 is 9.13 Å². The zero-order valence-electron chi connectivity index (χ0n) is 11.2. The molecule has 3 rings (SSSR count). The highest BCUT2D eigenvalue weighted by Gasteiger charge is 2.12. The maximum Gasteiger partial charge on any atom is 0.136 e. The van der Waals surface area contributed by atoms with Gasteiger partial charge in [0.15, 0.2) is 0 Å². The number of halogens is 1. The molecule has 4 heteroatoms. The molecule has 0 unspecified atom stereocenters. The number of aromatic nitrogens is 2. The lowest BCUT2D eigenvalue weighted by Crippen LogP contribution is -2.07. The molecule has 20 heavy (non-hydrogen) atoms. The van der Waals surface area contributed by atoms with Crippen molar-refractivity contribution >= 4 is 11.0 Å². The number of imidazole rings is 1. The first-order valence-electron chi connectivity index (χ1n) is 6.46. The number of fused-ring (bicyclic) bond motifs is 1. The van der Waals surface area contributed by atoms with Crippen molar-refractivity contribution in [2.45, 2.75) is 13.2 Å². The lowest BCUT2D eigenvalue weighted by molar-refractivity contribution is 0.175. The Morgan fingerprint density at radius 3 is 2.65 bits per heavy atom. The summed E-state index contributed by atoms with van der Waals surface area (Å²) < 4.78 is 21.0. The smallest absolute Gasteiger partial charge is 0.136 e. The van der Waals surface area contributed by atoms with Crippen LogP contribution in [0.2, 0.25) is 0 Å². The minimum absolute atomic E-state index is 0.200. The van der Waals surface area contributed by atoms with Gasteiger partial charge in [0.1, 0.15) is 18.2 Å². The first-order chi connectivity index (χ1) is 9.79. The quantitative estimate of drug-likeness (QED) is 0.726. The lowest BCUT2D eigenvalue weighted by Gasteiger charge is -2.09. The third kappa shape index (κ3) is 2.30. The Bertz CT molecular complexity index is 736. The number of rotatable bonds is 4. The molecular formula is C16H15FN2O. The van der Waals surface area contributed by atoms with E-state index < -0.39 is 0 Å². The Morgan fingerprint density at radius 1 is 1.10 bits per heavy atom. The normalized spacial score (nSPS) is 11.1. The second-order valence-electron chi connectivity index (χ2n) is 4.63. The predicted octanol–water partition coefficient (Wildman–Crippen LogP) is 3.37. The van der Waals surface area contributed by atoms with Crippen LogP contribution in [0.1, 0.15) is 11.4 Å². The fraction of sp³-hybridized carbons (Fsp3) is 0.188. The van der Waals surface area contributed by atoms with Gasteiger partial charge in [-0.3, -0.25) is 0 Å². The Balaban J connectivity index is 2.09. The van der Waals surface area contributed by atoms with Crippen LogP contribution in [0.15, 0.2) is 48.5 Å². The molecule has 3 aromatic rings. The number of para-hydroxylation sites is 2. The lowest BCUT2D eigenvalue weighted by atomic mass is 10.2. The monoisotopic (exact) mass is 270 g/mol. The van der Waals surface area contributed by atoms with Crippen LogP contribution in [0, 0.1) is 5.82 Å². The summed E-state index contributed by atoms with van der Waals surface area (Å²) in [5.74, 6) is 0.602. The molecule has 0 saturated heterocycles. The molecule has 2 aromatic carbocycles. The third-order valence-corrected chi connectivity index (χ3v) is 3.29. The summed E-state index contributed by atoms with van der Waals surface area (Å²) in [4.78, 5) is 4.54. The van der Waals surface area contributed by atoms with Crippen LogP contribution in [0.4, 0.5) is 4.39 Å². The van der Waals surface area contributed by atoms with Crippen molar-refractivity contribution in [2.24, 2.45) is 0 Å². The summed E-state index contributed by atoms with van der Waals surface area (Å²) >= 11 is 0. The molecule has 0 bridgehead atoms. The van der Waals surface area contributed by atoms with E-state index in [0.29, 0.717) is 18.7 Å². The minimum atomic E-state index is -0.200. The van der Waals surface area contributed by atoms with Crippen LogP contribution < -0.4 is 0 Å². The van der Waals surface area contributed by atoms with E-state index in [1.807, 2.05) is 34.9 Å². The zero-order valence-corrected chi connectivity index (χ0v) is 11.2. The molecule has 0 fully saturated rings. The predicted molar refractivity (Wildman–Crippen MR) is 75.9 cm³/mol. The Morgan fingerprint density at radius 2 is 1.85 bits per heavy atom. The maximum atomic E-state index is 13.8. The van der Waals surface area contributed by atoms with Crippen molar-refractivity contribution in [2.75, 3.05) is 7.11 Å². The van der Waals surface area contributed by atoms with Crippen molar-refractivity contribution in [3.63, 3.8) is 0 Å². The summed E-state index contributed by atoms with van der Waals surface area (Å²) in [6.45, 7) is 0.856. The molecule has 0 spiro atoms. The molecule has 0 radical (unpaired) electrons. The summed E-state index contributed by atoms with van der Waals surface area (Å²) in [5, 5.41) is 0. The number of nitrogens with zero attached hydrogens (tertiary/aromatic N) is 2. The van der Waals surface area contributed by atoms with Gasteiger partial charge in [0.05, 0.1) is 17.6 Å². The van der Waals surface area contributed by atoms with Crippen molar-refractivity contribution in [1.82, 2.24) is 9.55 Å². The summed E-state index contributed by atoms with van der Waals surface area (Å²) in [7, 11) is 1.63. The van der Waals surface area contributed by atoms with Crippen LogP contribution in [0.25, 0.3) is 11.0 Å². The molecule has 0 aliphatic rings. The first kappa shape index (κ1) is 12.8. The SMILES string of the molecule is COCc1nc2ccccc2n1Cc1ccccc1F. The molecule has 1 aromatic heterocycles. The van der Waals surface area contributed by atoms with Gasteiger partial charge >= 0.3 is 0 Å². The van der Waals surface area contributed by atoms with Gasteiger partial charge in [-0.25, -0.2) is 9.37 Å². The third-order valence-electron chi connectivity index (χ3n) is 3.29. The molecule has 0 aliphatic heterocycles. The van der Waals surface area contributed by atoms with E-state index in [-0.39, 0.29) is 5.82 Å². The highest BCUT2D eigenvalue weighted by molar-refractivity contribution is 5.76. The molecule has 0 amide bonds. The molecular weight excluding hydrogens is 255 g/mol. The van der Waals surface area contributed by atoms with Gasteiger partial charge in [-0.05, 0) is 18.2 Å². The second-order valence-corrected chi connectivity index (χ2v) is 4.63. The number of methoxy groups -OCH3 is 1. The average Bonchev–Trinajstić information content (AvgIpc) is 2.80. The van der Waals surface area contributed by atoms with Gasteiger partial charge < -0.3 is 9.30 Å². The number of benzene rings is 2. The highest BCUT2D eigenvalue weighted by Crippen LogP contribution is 2.19. The van der Waals surface area contributed by atoms with Gasteiger partial charge in [-0.15, -0.1) is 0 Å². The number of ether oxygens (including phenoxy) is 1. The van der Waals surface area contributed by atoms with E-state index in [4.69, 9.17) is 4.74 Å². The molecule has 0 aliphatic carbocycles. The highest BCUT2D eigenvalue weighted by atomic mass is 19.1. The zero-order chi connectivity index (χ0) is 13.9. The van der Waals surface area contributed by atoms with E-state index in [2.05, 4.69) is 4.98 Å². The molecule has 3 nitrogen and oxygen atoms in total. The first-order valence-corrected chi connectivity index (χ1v) is 6.46. The number of hydrogen-bond donors (Lipinski definition) is 0. The van der Waals surface area contributed by atoms with Gasteiger partial charge in [0, 0.05) is 12.7 Å². The summed E-state index contributed by atoms with van der Waals surface area (Å²) in [5.41, 5.74) is 2.53. The van der Waals surface area contributed by atoms with E-state index in [0.717, 1.165) is 16.9 Å². The fourth-order valence-corrected chi connectivity index (χ4v) is 2.34. The van der Waals surface area contributed by atoms with Crippen molar-refractivity contribution in [3.8, 4) is 0 Å². The Hall–Kier alpha value is -2.20. The van der Waals surface area contributed by atoms with Crippen LogP contribution in [-0.2, 0) is 17.9 Å². The topological polar surface area (TPSA) is 27.1 Å². The molecule has 0 N–H and O–H groups in total. The Labute approximate surface area is 116 Å². The van der Waals surface area contributed by atoms with E-state index >= 15 is 0 Å².